The van der Waals surface area contributed by atoms with Crippen LogP contribution in [0.2, 0.25) is 0 Å². The zero-order chi connectivity index (χ0) is 31.8. The lowest BCUT2D eigenvalue weighted by Crippen LogP contribution is -2.00. The first-order valence-corrected chi connectivity index (χ1v) is 15.2. The second kappa shape index (κ2) is 11.4. The average molecular weight is 637 g/mol. The zero-order valence-electron chi connectivity index (χ0n) is 22.3. The van der Waals surface area contributed by atoms with Gasteiger partial charge in [0, 0.05) is 41.0 Å². The van der Waals surface area contributed by atoms with Gasteiger partial charge in [-0.3, -0.25) is 19.2 Å². The number of anilines is 1. The molecule has 0 heterocycles. The number of azo groups is 2. The van der Waals surface area contributed by atoms with Crippen molar-refractivity contribution in [2.45, 2.75) is 9.79 Å². The maximum Gasteiger partial charge on any atom is 0.295 e. The normalized spacial score (nSPS) is 12.4. The molecule has 0 saturated heterocycles. The van der Waals surface area contributed by atoms with Gasteiger partial charge in [-0.1, -0.05) is 12.1 Å². The van der Waals surface area contributed by atoms with Crippen molar-refractivity contribution in [3.05, 3.63) is 89.0 Å². The molecule has 5 aromatic carbocycles. The van der Waals surface area contributed by atoms with E-state index in [-0.39, 0.29) is 38.9 Å². The van der Waals surface area contributed by atoms with Crippen LogP contribution in [0.1, 0.15) is 0 Å². The Kier molecular flexibility index (Phi) is 7.79. The summed E-state index contributed by atoms with van der Waals surface area (Å²) in [7, 11) is -7.68. The van der Waals surface area contributed by atoms with Gasteiger partial charge in [0.15, 0.2) is 5.75 Å². The highest BCUT2D eigenvalue weighted by molar-refractivity contribution is 7.86. The van der Waals surface area contributed by atoms with E-state index >= 15 is 0 Å². The van der Waals surface area contributed by atoms with Crippen LogP contribution >= 0.6 is 0 Å². The molecule has 224 valence electrons. The molecule has 4 N–H and O–H groups in total. The smallest absolute Gasteiger partial charge is 0.295 e. The summed E-state index contributed by atoms with van der Waals surface area (Å²) in [6.07, 6.45) is 0. The van der Waals surface area contributed by atoms with Crippen LogP contribution in [-0.4, -0.2) is 43.0 Å². The van der Waals surface area contributed by atoms with E-state index in [4.69, 9.17) is 0 Å². The number of phenols is 1. The van der Waals surface area contributed by atoms with Gasteiger partial charge in [0.25, 0.3) is 25.9 Å². The van der Waals surface area contributed by atoms with Gasteiger partial charge in [-0.15, -0.1) is 15.3 Å². The van der Waals surface area contributed by atoms with Gasteiger partial charge in [-0.05, 0) is 54.6 Å². The summed E-state index contributed by atoms with van der Waals surface area (Å²) in [5.41, 5.74) is 0.826. The van der Waals surface area contributed by atoms with Gasteiger partial charge < -0.3 is 10.4 Å². The van der Waals surface area contributed by atoms with E-state index in [1.54, 1.807) is 7.05 Å². The average Bonchev–Trinajstić information content (AvgIpc) is 2.98. The van der Waals surface area contributed by atoms with Crippen LogP contribution in [-0.2, 0) is 20.2 Å². The largest absolute Gasteiger partial charge is 0.505 e. The van der Waals surface area contributed by atoms with Crippen LogP contribution in [0.5, 0.6) is 5.75 Å². The number of nitrogens with one attached hydrogen (secondary N) is 1. The molecule has 0 aromatic heterocycles. The van der Waals surface area contributed by atoms with E-state index in [2.05, 4.69) is 25.8 Å². The lowest BCUT2D eigenvalue weighted by atomic mass is 10.1. The third-order valence-electron chi connectivity index (χ3n) is 6.48. The standard InChI is InChI=1S/C27H20N6O9S2/c1-28-23-12-13-25(44(40,41)42)19-8-9-24(27(34)26(19)23)32-31-22-11-10-21(18-7-6-17(14-20(18)22)43(37,38)39)30-29-15-2-4-16(5-3-15)33(35)36/h2-14,28,34H,1H3,(H,37,38,39)(H,40,41,42). The third kappa shape index (κ3) is 5.92. The second-order valence-corrected chi connectivity index (χ2v) is 12.0. The Morgan fingerprint density at radius 1 is 0.705 bits per heavy atom. The number of phenolic OH excluding ortho intramolecular Hbond substituents is 1. The fourth-order valence-electron chi connectivity index (χ4n) is 4.40. The van der Waals surface area contributed by atoms with Crippen molar-refractivity contribution in [2.24, 2.45) is 20.5 Å². The number of benzene rings is 5. The third-order valence-corrected chi connectivity index (χ3v) is 8.24. The van der Waals surface area contributed by atoms with Crippen LogP contribution in [0.3, 0.4) is 0 Å². The van der Waals surface area contributed by atoms with Crippen molar-refractivity contribution in [3.63, 3.8) is 0 Å². The van der Waals surface area contributed by atoms with Crippen LogP contribution < -0.4 is 5.32 Å². The maximum absolute atomic E-state index is 11.9. The lowest BCUT2D eigenvalue weighted by Gasteiger charge is -2.12. The number of hydrogen-bond donors (Lipinski definition) is 4. The molecule has 5 rings (SSSR count). The topological polar surface area (TPSA) is 234 Å². The Balaban J connectivity index is 1.62. The van der Waals surface area contributed by atoms with E-state index in [1.807, 2.05) is 0 Å². The van der Waals surface area contributed by atoms with Crippen molar-refractivity contribution in [3.8, 4) is 5.75 Å². The predicted molar refractivity (Wildman–Crippen MR) is 160 cm³/mol. The minimum Gasteiger partial charge on any atom is -0.505 e. The monoisotopic (exact) mass is 636 g/mol. The highest BCUT2D eigenvalue weighted by atomic mass is 32.2. The zero-order valence-corrected chi connectivity index (χ0v) is 24.0. The summed E-state index contributed by atoms with van der Waals surface area (Å²) in [6.45, 7) is 0. The van der Waals surface area contributed by atoms with Crippen molar-refractivity contribution in [1.82, 2.24) is 0 Å². The highest BCUT2D eigenvalue weighted by Crippen LogP contribution is 2.43. The number of nitro groups is 1. The van der Waals surface area contributed by atoms with Crippen LogP contribution in [0.25, 0.3) is 21.5 Å². The van der Waals surface area contributed by atoms with Crippen molar-refractivity contribution >= 4 is 75.9 Å². The molecule has 0 aliphatic carbocycles. The quantitative estimate of drug-likeness (QED) is 0.0590. The van der Waals surface area contributed by atoms with Crippen LogP contribution in [0, 0.1) is 10.1 Å². The van der Waals surface area contributed by atoms with Gasteiger partial charge >= 0.3 is 0 Å². The molecule has 0 aliphatic heterocycles. The lowest BCUT2D eigenvalue weighted by molar-refractivity contribution is -0.384. The van der Waals surface area contributed by atoms with Crippen molar-refractivity contribution in [2.75, 3.05) is 12.4 Å². The Morgan fingerprint density at radius 3 is 1.91 bits per heavy atom. The maximum atomic E-state index is 11.9. The van der Waals surface area contributed by atoms with E-state index in [9.17, 15) is 41.2 Å². The van der Waals surface area contributed by atoms with Crippen LogP contribution in [0.15, 0.2) is 109 Å². The van der Waals surface area contributed by atoms with E-state index in [0.717, 1.165) is 12.1 Å². The minimum atomic E-state index is -4.62. The summed E-state index contributed by atoms with van der Waals surface area (Å²) in [5.74, 6) is -0.447. The number of fused-ring (bicyclic) bond motifs is 2. The Labute approximate surface area is 248 Å². The molecule has 0 aliphatic rings. The Bertz CT molecular complexity index is 2250. The predicted octanol–water partition coefficient (Wildman–Crippen LogP) is 6.97. The molecule has 0 radical (unpaired) electrons. The summed E-state index contributed by atoms with van der Waals surface area (Å²) in [4.78, 5) is 9.48. The van der Waals surface area contributed by atoms with Crippen molar-refractivity contribution in [1.29, 1.82) is 0 Å². The molecule has 0 bridgehead atoms. The Morgan fingerprint density at radius 2 is 1.30 bits per heavy atom. The minimum absolute atomic E-state index is 0.0294. The number of hydrogen-bond acceptors (Lipinski definition) is 12. The van der Waals surface area contributed by atoms with Gasteiger partial charge in [0.05, 0.1) is 32.3 Å². The number of non-ortho nitro benzene ring substituents is 1. The summed E-state index contributed by atoms with van der Waals surface area (Å²) >= 11 is 0. The first kappa shape index (κ1) is 30.1. The van der Waals surface area contributed by atoms with Crippen LogP contribution in [0.4, 0.5) is 34.1 Å². The molecular formula is C27H20N6O9S2. The van der Waals surface area contributed by atoms with E-state index in [1.165, 1.54) is 66.7 Å². The van der Waals surface area contributed by atoms with Crippen molar-refractivity contribution < 1.29 is 36.0 Å². The molecule has 5 aromatic rings. The molecule has 17 heteroatoms. The molecule has 0 saturated carbocycles. The fraction of sp³-hybridized carbons (Fsp3) is 0.0370. The first-order valence-electron chi connectivity index (χ1n) is 12.3. The molecule has 0 fully saturated rings. The molecule has 0 unspecified atom stereocenters. The fourth-order valence-corrected chi connectivity index (χ4v) is 5.59. The summed E-state index contributed by atoms with van der Waals surface area (Å²) < 4.78 is 66.8. The first-order chi connectivity index (χ1) is 20.8. The number of rotatable bonds is 8. The molecule has 44 heavy (non-hydrogen) atoms. The molecule has 0 amide bonds. The molecule has 0 atom stereocenters. The highest BCUT2D eigenvalue weighted by Gasteiger charge is 2.20. The molecular weight excluding hydrogens is 616 g/mol. The summed E-state index contributed by atoms with van der Waals surface area (Å²) in [5, 5.41) is 41.9. The Hall–Kier alpha value is -5.36. The van der Waals surface area contributed by atoms with E-state index in [0.29, 0.717) is 16.8 Å². The van der Waals surface area contributed by atoms with Gasteiger partial charge in [-0.25, -0.2) is 0 Å². The summed E-state index contributed by atoms with van der Waals surface area (Å²) in [6, 6.07) is 17.1. The van der Waals surface area contributed by atoms with Gasteiger partial charge in [-0.2, -0.15) is 21.9 Å². The number of nitro benzene ring substituents is 1. The molecule has 15 nitrogen and oxygen atoms in total. The van der Waals surface area contributed by atoms with Gasteiger partial charge in [0.2, 0.25) is 0 Å². The number of nitrogens with zero attached hydrogens (tertiary/aromatic N) is 5. The SMILES string of the molecule is CNc1ccc(S(=O)(=O)O)c2ccc(N=Nc3ccc(N=Nc4ccc([N+](=O)[O-])cc4)c4ccc(S(=O)(=O)O)cc34)c(O)c12. The number of aromatic hydroxyl groups is 1. The van der Waals surface area contributed by atoms with Gasteiger partial charge in [0.1, 0.15) is 10.6 Å². The second-order valence-electron chi connectivity index (χ2n) is 9.15. The molecule has 0 spiro atoms. The van der Waals surface area contributed by atoms with E-state index < -0.39 is 40.7 Å².